The van der Waals surface area contributed by atoms with Crippen LogP contribution in [-0.2, 0) is 12.1 Å². The van der Waals surface area contributed by atoms with Gasteiger partial charge in [0.25, 0.3) is 0 Å². The summed E-state index contributed by atoms with van der Waals surface area (Å²) in [6.07, 6.45) is 4.29. The normalized spacial score (nSPS) is 20.1. The molecule has 108 valence electrons. The molecule has 1 aliphatic rings. The second-order valence-corrected chi connectivity index (χ2v) is 6.07. The Morgan fingerprint density at radius 1 is 1.37 bits per heavy atom. The maximum Gasteiger partial charge on any atom is 0.110 e. The Hall–Kier alpha value is -0.940. The number of rotatable bonds is 5. The zero-order valence-electron chi connectivity index (χ0n) is 12.3. The third-order valence-electron chi connectivity index (χ3n) is 3.84. The van der Waals surface area contributed by atoms with Gasteiger partial charge in [0, 0.05) is 26.2 Å². The van der Waals surface area contributed by atoms with Crippen molar-refractivity contribution in [1.82, 2.24) is 19.9 Å². The van der Waals surface area contributed by atoms with Gasteiger partial charge in [-0.2, -0.15) is 0 Å². The van der Waals surface area contributed by atoms with Crippen LogP contribution in [0.2, 0.25) is 0 Å². The number of aryl methyl sites for hydroxylation is 1. The summed E-state index contributed by atoms with van der Waals surface area (Å²) in [5.74, 6) is 0.679. The molecule has 1 aliphatic heterocycles. The summed E-state index contributed by atoms with van der Waals surface area (Å²) in [6, 6.07) is 0. The van der Waals surface area contributed by atoms with Gasteiger partial charge in [0.15, 0.2) is 0 Å². The van der Waals surface area contributed by atoms with Crippen molar-refractivity contribution in [2.24, 2.45) is 5.92 Å². The molecule has 0 unspecified atom stereocenters. The molecular weight excluding hydrogens is 240 g/mol. The van der Waals surface area contributed by atoms with Crippen molar-refractivity contribution in [1.29, 1.82) is 0 Å². The fraction of sp³-hybridized carbons (Fsp3) is 0.857. The molecule has 0 bridgehead atoms. The van der Waals surface area contributed by atoms with Gasteiger partial charge >= 0.3 is 0 Å². The molecule has 5 nitrogen and oxygen atoms in total. The predicted molar refractivity (Wildman–Crippen MR) is 74.7 cm³/mol. The van der Waals surface area contributed by atoms with E-state index in [0.717, 1.165) is 51.1 Å². The molecular formula is C14H26N4O. The average Bonchev–Trinajstić information content (AvgIpc) is 2.81. The molecule has 2 rings (SSSR count). The Morgan fingerprint density at radius 2 is 2.05 bits per heavy atom. The minimum absolute atomic E-state index is 0.679. The first kappa shape index (κ1) is 14.5. The summed E-state index contributed by atoms with van der Waals surface area (Å²) < 4.78 is 1.86. The topological polar surface area (TPSA) is 54.2 Å². The number of piperidine rings is 1. The molecule has 5 heteroatoms. The van der Waals surface area contributed by atoms with E-state index in [0.29, 0.717) is 5.92 Å². The largest absolute Gasteiger partial charge is 0.383 e. The number of aliphatic hydroxyl groups is 1. The van der Waals surface area contributed by atoms with Gasteiger partial charge < -0.3 is 10.0 Å². The van der Waals surface area contributed by atoms with E-state index in [2.05, 4.69) is 36.0 Å². The van der Waals surface area contributed by atoms with Crippen LogP contribution in [0.4, 0.5) is 0 Å². The molecule has 1 saturated heterocycles. The Morgan fingerprint density at radius 3 is 2.63 bits per heavy atom. The van der Waals surface area contributed by atoms with E-state index in [9.17, 15) is 5.11 Å². The standard InChI is InChI=1S/C14H26N4O/c1-4-7-18-13(10-15-16-18)14(19)5-8-17(9-6-14)11-12(2)3/h10,12,19H,4-9,11H2,1-3H3. The van der Waals surface area contributed by atoms with E-state index in [1.165, 1.54) is 0 Å². The third-order valence-corrected chi connectivity index (χ3v) is 3.84. The van der Waals surface area contributed by atoms with Crippen LogP contribution in [0.1, 0.15) is 45.7 Å². The molecule has 1 aromatic rings. The maximum absolute atomic E-state index is 10.9. The minimum atomic E-state index is -0.744. The molecule has 1 N–H and O–H groups in total. The summed E-state index contributed by atoms with van der Waals surface area (Å²) in [5.41, 5.74) is 0.144. The van der Waals surface area contributed by atoms with Crippen LogP contribution in [0.15, 0.2) is 6.20 Å². The zero-order chi connectivity index (χ0) is 13.9. The van der Waals surface area contributed by atoms with Crippen molar-refractivity contribution < 1.29 is 5.11 Å². The highest BCUT2D eigenvalue weighted by atomic mass is 16.3. The van der Waals surface area contributed by atoms with Gasteiger partial charge in [-0.15, -0.1) is 5.10 Å². The molecule has 1 fully saturated rings. The van der Waals surface area contributed by atoms with Gasteiger partial charge in [-0.1, -0.05) is 26.0 Å². The Balaban J connectivity index is 2.02. The second-order valence-electron chi connectivity index (χ2n) is 6.07. The van der Waals surface area contributed by atoms with E-state index in [1.54, 1.807) is 6.20 Å². The Labute approximate surface area is 115 Å². The average molecular weight is 266 g/mol. The SMILES string of the molecule is CCCn1nncc1C1(O)CCN(CC(C)C)CC1. The van der Waals surface area contributed by atoms with Crippen LogP contribution in [0, 0.1) is 5.92 Å². The van der Waals surface area contributed by atoms with Crippen LogP contribution in [0.5, 0.6) is 0 Å². The molecule has 0 spiro atoms. The monoisotopic (exact) mass is 266 g/mol. The number of aromatic nitrogens is 3. The smallest absolute Gasteiger partial charge is 0.110 e. The minimum Gasteiger partial charge on any atom is -0.383 e. The first-order valence-corrected chi connectivity index (χ1v) is 7.39. The molecule has 2 heterocycles. The van der Waals surface area contributed by atoms with E-state index >= 15 is 0 Å². The second kappa shape index (κ2) is 6.01. The van der Waals surface area contributed by atoms with Crippen LogP contribution < -0.4 is 0 Å². The molecule has 0 amide bonds. The van der Waals surface area contributed by atoms with Crippen molar-refractivity contribution in [3.8, 4) is 0 Å². The lowest BCUT2D eigenvalue weighted by molar-refractivity contribution is -0.0346. The maximum atomic E-state index is 10.9. The van der Waals surface area contributed by atoms with Crippen molar-refractivity contribution in [3.05, 3.63) is 11.9 Å². The lowest BCUT2D eigenvalue weighted by Gasteiger charge is -2.38. The van der Waals surface area contributed by atoms with Gasteiger partial charge in [-0.05, 0) is 25.2 Å². The first-order valence-electron chi connectivity index (χ1n) is 7.39. The lowest BCUT2D eigenvalue weighted by atomic mass is 9.88. The van der Waals surface area contributed by atoms with Crippen molar-refractivity contribution in [3.63, 3.8) is 0 Å². The fourth-order valence-electron chi connectivity index (χ4n) is 2.87. The number of hydrogen-bond acceptors (Lipinski definition) is 4. The number of hydrogen-bond donors (Lipinski definition) is 1. The van der Waals surface area contributed by atoms with Gasteiger partial charge in [0.1, 0.15) is 5.60 Å². The summed E-state index contributed by atoms with van der Waals surface area (Å²) >= 11 is 0. The molecule has 0 aliphatic carbocycles. The van der Waals surface area contributed by atoms with Crippen molar-refractivity contribution in [2.75, 3.05) is 19.6 Å². The predicted octanol–water partition coefficient (Wildman–Crippen LogP) is 1.63. The van der Waals surface area contributed by atoms with Crippen LogP contribution in [0.25, 0.3) is 0 Å². The molecule has 0 radical (unpaired) electrons. The molecule has 0 saturated carbocycles. The van der Waals surface area contributed by atoms with Crippen molar-refractivity contribution >= 4 is 0 Å². The van der Waals surface area contributed by atoms with Crippen LogP contribution in [-0.4, -0.2) is 44.6 Å². The van der Waals surface area contributed by atoms with E-state index in [-0.39, 0.29) is 0 Å². The quantitative estimate of drug-likeness (QED) is 0.880. The number of likely N-dealkylation sites (tertiary alicyclic amines) is 1. The van der Waals surface area contributed by atoms with E-state index < -0.39 is 5.60 Å². The van der Waals surface area contributed by atoms with Gasteiger partial charge in [0.2, 0.25) is 0 Å². The van der Waals surface area contributed by atoms with Crippen LogP contribution >= 0.6 is 0 Å². The molecule has 1 aromatic heterocycles. The first-order chi connectivity index (χ1) is 9.05. The van der Waals surface area contributed by atoms with Gasteiger partial charge in [-0.3, -0.25) is 0 Å². The highest BCUT2D eigenvalue weighted by molar-refractivity contribution is 5.10. The summed E-state index contributed by atoms with van der Waals surface area (Å²) in [4.78, 5) is 2.44. The Kier molecular flexibility index (Phi) is 4.58. The van der Waals surface area contributed by atoms with Crippen LogP contribution in [0.3, 0.4) is 0 Å². The summed E-state index contributed by atoms with van der Waals surface area (Å²) in [7, 11) is 0. The van der Waals surface area contributed by atoms with Gasteiger partial charge in [-0.25, -0.2) is 4.68 Å². The lowest BCUT2D eigenvalue weighted by Crippen LogP contribution is -2.44. The van der Waals surface area contributed by atoms with Crippen molar-refractivity contribution in [2.45, 2.75) is 52.2 Å². The highest BCUT2D eigenvalue weighted by Gasteiger charge is 2.37. The molecule has 0 aromatic carbocycles. The highest BCUT2D eigenvalue weighted by Crippen LogP contribution is 2.32. The summed E-state index contributed by atoms with van der Waals surface area (Å²) in [6.45, 7) is 10.4. The van der Waals surface area contributed by atoms with E-state index in [4.69, 9.17) is 0 Å². The summed E-state index contributed by atoms with van der Waals surface area (Å²) in [5, 5.41) is 18.9. The Bertz CT molecular complexity index is 394. The van der Waals surface area contributed by atoms with Gasteiger partial charge in [0.05, 0.1) is 11.9 Å². The third kappa shape index (κ3) is 3.34. The molecule has 0 atom stereocenters. The van der Waals surface area contributed by atoms with E-state index in [1.807, 2.05) is 4.68 Å². The molecule has 19 heavy (non-hydrogen) atoms. The fourth-order valence-corrected chi connectivity index (χ4v) is 2.87. The number of nitrogens with zero attached hydrogens (tertiary/aromatic N) is 4. The zero-order valence-corrected chi connectivity index (χ0v) is 12.3.